The predicted octanol–water partition coefficient (Wildman–Crippen LogP) is 2.38. The van der Waals surface area contributed by atoms with Crippen LogP contribution in [-0.2, 0) is 6.54 Å². The zero-order valence-electron chi connectivity index (χ0n) is 11.4. The maximum atomic E-state index is 13.4. The Balaban J connectivity index is 2.14. The summed E-state index contributed by atoms with van der Waals surface area (Å²) in [7, 11) is 1.65. The van der Waals surface area contributed by atoms with Crippen LogP contribution in [-0.4, -0.2) is 22.8 Å². The maximum Gasteiger partial charge on any atom is 0.254 e. The predicted molar refractivity (Wildman–Crippen MR) is 75.6 cm³/mol. The van der Waals surface area contributed by atoms with Crippen LogP contribution in [0, 0.1) is 12.7 Å². The van der Waals surface area contributed by atoms with E-state index < -0.39 is 5.82 Å². The maximum absolute atomic E-state index is 13.4. The molecule has 0 saturated heterocycles. The van der Waals surface area contributed by atoms with E-state index in [1.54, 1.807) is 7.05 Å². The van der Waals surface area contributed by atoms with E-state index >= 15 is 0 Å². The van der Waals surface area contributed by atoms with Gasteiger partial charge in [-0.25, -0.2) is 4.39 Å². The summed E-state index contributed by atoms with van der Waals surface area (Å²) < 4.78 is 13.4. The molecule has 0 unspecified atom stereocenters. The third-order valence-corrected chi connectivity index (χ3v) is 2.94. The van der Waals surface area contributed by atoms with Gasteiger partial charge in [0.1, 0.15) is 5.82 Å². The zero-order chi connectivity index (χ0) is 14.7. The lowest BCUT2D eigenvalue weighted by Crippen LogP contribution is -2.26. The number of rotatable bonds is 3. The Kier molecular flexibility index (Phi) is 3.98. The highest BCUT2D eigenvalue weighted by atomic mass is 19.1. The third kappa shape index (κ3) is 3.12. The third-order valence-electron chi connectivity index (χ3n) is 2.94. The summed E-state index contributed by atoms with van der Waals surface area (Å²) in [6.07, 6.45) is 0. The van der Waals surface area contributed by atoms with Crippen molar-refractivity contribution >= 4 is 11.6 Å². The number of hydrogen-bond acceptors (Lipinski definition) is 3. The molecule has 0 aliphatic rings. The van der Waals surface area contributed by atoms with Gasteiger partial charge in [0.05, 0.1) is 17.9 Å². The fourth-order valence-corrected chi connectivity index (χ4v) is 1.88. The van der Waals surface area contributed by atoms with Crippen LogP contribution in [0.5, 0.6) is 0 Å². The van der Waals surface area contributed by atoms with Gasteiger partial charge in [0.25, 0.3) is 5.91 Å². The number of carbonyl (C=O) groups is 1. The molecule has 104 valence electrons. The van der Waals surface area contributed by atoms with E-state index in [9.17, 15) is 9.18 Å². The normalized spacial score (nSPS) is 10.3. The first-order chi connectivity index (χ1) is 9.47. The number of aromatic nitrogens is 1. The number of nitrogen functional groups attached to an aromatic ring is 1. The van der Waals surface area contributed by atoms with E-state index in [2.05, 4.69) is 4.98 Å². The quantitative estimate of drug-likeness (QED) is 0.873. The van der Waals surface area contributed by atoms with Crippen LogP contribution < -0.4 is 5.73 Å². The molecule has 1 heterocycles. The summed E-state index contributed by atoms with van der Waals surface area (Å²) >= 11 is 0. The zero-order valence-corrected chi connectivity index (χ0v) is 11.4. The van der Waals surface area contributed by atoms with Gasteiger partial charge in [-0.2, -0.15) is 0 Å². The molecule has 0 aliphatic heterocycles. The Labute approximate surface area is 117 Å². The van der Waals surface area contributed by atoms with E-state index in [1.807, 2.05) is 25.1 Å². The first-order valence-corrected chi connectivity index (χ1v) is 6.20. The first-order valence-electron chi connectivity index (χ1n) is 6.20. The van der Waals surface area contributed by atoms with Gasteiger partial charge in [0, 0.05) is 18.3 Å². The van der Waals surface area contributed by atoms with E-state index in [4.69, 9.17) is 5.73 Å². The van der Waals surface area contributed by atoms with Gasteiger partial charge in [-0.3, -0.25) is 9.78 Å². The Morgan fingerprint density at radius 2 is 2.10 bits per heavy atom. The van der Waals surface area contributed by atoms with Crippen molar-refractivity contribution in [2.45, 2.75) is 13.5 Å². The van der Waals surface area contributed by atoms with Gasteiger partial charge in [-0.1, -0.05) is 6.07 Å². The second-order valence-electron chi connectivity index (χ2n) is 4.67. The molecule has 2 aromatic rings. The number of nitrogens with two attached hydrogens (primary N) is 1. The van der Waals surface area contributed by atoms with Crippen LogP contribution >= 0.6 is 0 Å². The fraction of sp³-hybridized carbons (Fsp3) is 0.200. The largest absolute Gasteiger partial charge is 0.396 e. The van der Waals surface area contributed by atoms with Crippen molar-refractivity contribution in [1.82, 2.24) is 9.88 Å². The standard InChI is InChI=1S/C15H16FN3O/c1-10-4-3-5-12(18-10)9-19(2)15(20)11-6-7-14(17)13(16)8-11/h3-8H,9,17H2,1-2H3. The lowest BCUT2D eigenvalue weighted by molar-refractivity contribution is 0.0783. The second kappa shape index (κ2) is 5.69. The molecule has 2 N–H and O–H groups in total. The highest BCUT2D eigenvalue weighted by Crippen LogP contribution is 2.14. The van der Waals surface area contributed by atoms with Crippen molar-refractivity contribution in [2.24, 2.45) is 0 Å². The van der Waals surface area contributed by atoms with Crippen molar-refractivity contribution in [3.05, 3.63) is 59.2 Å². The van der Waals surface area contributed by atoms with Crippen LogP contribution in [0.2, 0.25) is 0 Å². The summed E-state index contributed by atoms with van der Waals surface area (Å²) in [5.74, 6) is -0.856. The number of nitrogens with zero attached hydrogens (tertiary/aromatic N) is 2. The molecule has 0 atom stereocenters. The SMILES string of the molecule is Cc1cccc(CN(C)C(=O)c2ccc(N)c(F)c2)n1. The molecule has 2 rings (SSSR count). The number of halogens is 1. The average molecular weight is 273 g/mol. The average Bonchev–Trinajstić information content (AvgIpc) is 2.41. The number of amides is 1. The van der Waals surface area contributed by atoms with E-state index in [1.165, 1.54) is 17.0 Å². The Morgan fingerprint density at radius 1 is 1.35 bits per heavy atom. The van der Waals surface area contributed by atoms with Gasteiger partial charge in [-0.15, -0.1) is 0 Å². The Bertz CT molecular complexity index is 643. The van der Waals surface area contributed by atoms with Gasteiger partial charge < -0.3 is 10.6 Å². The lowest BCUT2D eigenvalue weighted by Gasteiger charge is -2.17. The van der Waals surface area contributed by atoms with Gasteiger partial charge in [-0.05, 0) is 37.3 Å². The Morgan fingerprint density at radius 3 is 2.75 bits per heavy atom. The number of carbonyl (C=O) groups excluding carboxylic acids is 1. The highest BCUT2D eigenvalue weighted by molar-refractivity contribution is 5.94. The smallest absolute Gasteiger partial charge is 0.254 e. The summed E-state index contributed by atoms with van der Waals surface area (Å²) in [6.45, 7) is 2.26. The minimum absolute atomic E-state index is 0.0320. The van der Waals surface area contributed by atoms with E-state index in [0.29, 0.717) is 6.54 Å². The molecule has 1 aromatic carbocycles. The van der Waals surface area contributed by atoms with Crippen molar-refractivity contribution in [1.29, 1.82) is 0 Å². The molecule has 0 spiro atoms. The molecular formula is C15H16FN3O. The monoisotopic (exact) mass is 273 g/mol. The molecular weight excluding hydrogens is 257 g/mol. The molecule has 0 bridgehead atoms. The molecule has 0 radical (unpaired) electrons. The molecule has 4 nitrogen and oxygen atoms in total. The lowest BCUT2D eigenvalue weighted by atomic mass is 10.1. The summed E-state index contributed by atoms with van der Waals surface area (Å²) in [4.78, 5) is 18.0. The molecule has 0 saturated carbocycles. The number of benzene rings is 1. The summed E-state index contributed by atoms with van der Waals surface area (Å²) in [5.41, 5.74) is 7.38. The topological polar surface area (TPSA) is 59.2 Å². The van der Waals surface area contributed by atoms with Crippen LogP contribution in [0.3, 0.4) is 0 Å². The Hall–Kier alpha value is -2.43. The fourth-order valence-electron chi connectivity index (χ4n) is 1.88. The molecule has 0 aliphatic carbocycles. The number of aryl methyl sites for hydroxylation is 1. The van der Waals surface area contributed by atoms with Crippen LogP contribution in [0.25, 0.3) is 0 Å². The van der Waals surface area contributed by atoms with Crippen molar-refractivity contribution in [2.75, 3.05) is 12.8 Å². The minimum Gasteiger partial charge on any atom is -0.396 e. The van der Waals surface area contributed by atoms with Crippen LogP contribution in [0.4, 0.5) is 10.1 Å². The van der Waals surface area contributed by atoms with Gasteiger partial charge in [0.15, 0.2) is 0 Å². The molecule has 5 heteroatoms. The number of hydrogen-bond donors (Lipinski definition) is 1. The van der Waals surface area contributed by atoms with Gasteiger partial charge in [0.2, 0.25) is 0 Å². The highest BCUT2D eigenvalue weighted by Gasteiger charge is 2.14. The summed E-state index contributed by atoms with van der Waals surface area (Å²) in [5, 5.41) is 0. The molecule has 1 amide bonds. The molecule has 0 fully saturated rings. The first kappa shape index (κ1) is 14.0. The van der Waals surface area contributed by atoms with Gasteiger partial charge >= 0.3 is 0 Å². The van der Waals surface area contributed by atoms with Crippen molar-refractivity contribution < 1.29 is 9.18 Å². The van der Waals surface area contributed by atoms with Crippen LogP contribution in [0.15, 0.2) is 36.4 Å². The molecule has 1 aromatic heterocycles. The summed E-state index contributed by atoms with van der Waals surface area (Å²) in [6, 6.07) is 9.68. The van der Waals surface area contributed by atoms with Crippen molar-refractivity contribution in [3.63, 3.8) is 0 Å². The molecule has 20 heavy (non-hydrogen) atoms. The van der Waals surface area contributed by atoms with Crippen LogP contribution in [0.1, 0.15) is 21.7 Å². The second-order valence-corrected chi connectivity index (χ2v) is 4.67. The van der Waals surface area contributed by atoms with E-state index in [0.717, 1.165) is 17.5 Å². The number of anilines is 1. The van der Waals surface area contributed by atoms with E-state index in [-0.39, 0.29) is 17.2 Å². The van der Waals surface area contributed by atoms with Crippen molar-refractivity contribution in [3.8, 4) is 0 Å². The minimum atomic E-state index is -0.585. The number of pyridine rings is 1.